The summed E-state index contributed by atoms with van der Waals surface area (Å²) >= 11 is 5.61. The zero-order chi connectivity index (χ0) is 18.0. The normalized spacial score (nSPS) is 16.9. The van der Waals surface area contributed by atoms with Crippen LogP contribution in [-0.4, -0.2) is 34.5 Å². The van der Waals surface area contributed by atoms with E-state index in [0.29, 0.717) is 9.81 Å². The smallest absolute Gasteiger partial charge is 0.215 e. The van der Waals surface area contributed by atoms with E-state index in [2.05, 4.69) is 15.2 Å². The molecule has 8 nitrogen and oxygen atoms in total. The lowest BCUT2D eigenvalue weighted by Crippen LogP contribution is -1.96. The van der Waals surface area contributed by atoms with E-state index in [-0.39, 0.29) is 22.4 Å². The summed E-state index contributed by atoms with van der Waals surface area (Å²) in [4.78, 5) is 16.1. The molecule has 2 bridgehead atoms. The van der Waals surface area contributed by atoms with Crippen molar-refractivity contribution in [3.05, 3.63) is 75.5 Å². The van der Waals surface area contributed by atoms with E-state index in [1.54, 1.807) is 24.3 Å². The monoisotopic (exact) mass is 379 g/mol. The summed E-state index contributed by atoms with van der Waals surface area (Å²) in [5, 5.41) is 15.5. The van der Waals surface area contributed by atoms with Crippen molar-refractivity contribution < 1.29 is 22.7 Å². The van der Waals surface area contributed by atoms with Gasteiger partial charge in [0.05, 0.1) is 21.6 Å². The minimum atomic E-state index is -2.98. The molecule has 2 aromatic heterocycles. The molecule has 0 saturated carbocycles. The number of carbonyl (C=O) groups excluding carboxylic acids is 1. The Labute approximate surface area is 146 Å². The summed E-state index contributed by atoms with van der Waals surface area (Å²) in [6, 6.07) is 1.41. The van der Waals surface area contributed by atoms with E-state index < -0.39 is 15.6 Å². The minimum Gasteiger partial charge on any atom is -0.504 e. The summed E-state index contributed by atoms with van der Waals surface area (Å²) in [6.45, 7) is 0. The number of hydrogen-bond acceptors (Lipinski definition) is 7. The lowest BCUT2D eigenvalue weighted by molar-refractivity contribution is 0.104. The molecule has 0 radical (unpaired) electrons. The van der Waals surface area contributed by atoms with Crippen LogP contribution in [-0.2, 0) is 9.84 Å². The van der Waals surface area contributed by atoms with Gasteiger partial charge in [0, 0.05) is 6.08 Å². The van der Waals surface area contributed by atoms with Crippen LogP contribution in [0.3, 0.4) is 0 Å². The Kier molecular flexibility index (Phi) is 4.43. The molecule has 2 N–H and O–H groups in total. The molecule has 0 atom stereocenters. The number of aliphatic hydroxyl groups excluding tert-OH is 1. The second kappa shape index (κ2) is 6.54. The van der Waals surface area contributed by atoms with Gasteiger partial charge in [0.1, 0.15) is 6.33 Å². The van der Waals surface area contributed by atoms with Crippen molar-refractivity contribution in [3.63, 3.8) is 0 Å². The highest BCUT2D eigenvalue weighted by Gasteiger charge is 2.28. The van der Waals surface area contributed by atoms with Gasteiger partial charge in [-0.2, -0.15) is 5.10 Å². The minimum absolute atomic E-state index is 0.0240. The Balaban J connectivity index is 0.000000170. The fourth-order valence-electron chi connectivity index (χ4n) is 2.00. The van der Waals surface area contributed by atoms with Crippen LogP contribution < -0.4 is 0 Å². The largest absolute Gasteiger partial charge is 0.504 e. The number of hydrogen-bond donors (Lipinski definition) is 2. The Morgan fingerprint density at radius 1 is 1.28 bits per heavy atom. The van der Waals surface area contributed by atoms with E-state index in [4.69, 9.17) is 16.0 Å². The summed E-state index contributed by atoms with van der Waals surface area (Å²) in [7, 11) is -2.98. The molecule has 0 fully saturated rings. The number of sulfone groups is 1. The average molecular weight is 380 g/mol. The fourth-order valence-corrected chi connectivity index (χ4v) is 3.47. The Morgan fingerprint density at radius 2 is 1.96 bits per heavy atom. The summed E-state index contributed by atoms with van der Waals surface area (Å²) in [5.41, 5.74) is 0.170. The molecule has 2 aliphatic heterocycles. The third-order valence-corrected chi connectivity index (χ3v) is 5.32. The van der Waals surface area contributed by atoms with Crippen molar-refractivity contribution in [1.29, 1.82) is 0 Å². The molecular weight excluding hydrogens is 370 g/mol. The topological polar surface area (TPSA) is 126 Å². The van der Waals surface area contributed by atoms with Gasteiger partial charge in [-0.25, -0.2) is 13.4 Å². The van der Waals surface area contributed by atoms with E-state index in [0.717, 1.165) is 6.08 Å². The first-order valence-electron chi connectivity index (χ1n) is 6.79. The number of H-pyrrole nitrogens is 1. The molecule has 4 heterocycles. The second-order valence-electron chi connectivity index (χ2n) is 4.80. The van der Waals surface area contributed by atoms with Crippen molar-refractivity contribution in [2.75, 3.05) is 0 Å². The lowest BCUT2D eigenvalue weighted by atomic mass is 10.2. The van der Waals surface area contributed by atoms with Crippen LogP contribution in [0.25, 0.3) is 5.76 Å². The molecule has 128 valence electrons. The number of rotatable bonds is 3. The van der Waals surface area contributed by atoms with E-state index in [1.165, 1.54) is 18.7 Å². The van der Waals surface area contributed by atoms with E-state index in [9.17, 15) is 18.3 Å². The molecule has 4 rings (SSSR count). The number of furan rings is 1. The van der Waals surface area contributed by atoms with E-state index >= 15 is 0 Å². The molecule has 2 aliphatic rings. The van der Waals surface area contributed by atoms with Crippen molar-refractivity contribution >= 4 is 33.0 Å². The van der Waals surface area contributed by atoms with Crippen LogP contribution in [0.15, 0.2) is 63.3 Å². The first-order valence-corrected chi connectivity index (χ1v) is 8.65. The highest BCUT2D eigenvalue weighted by atomic mass is 35.5. The maximum atomic E-state index is 11.6. The van der Waals surface area contributed by atoms with Gasteiger partial charge in [-0.3, -0.25) is 9.89 Å². The number of fused-ring (bicyclic) bond motifs is 2. The van der Waals surface area contributed by atoms with Crippen molar-refractivity contribution in [2.24, 2.45) is 0 Å². The number of carbonyl (C=O) groups is 1. The zero-order valence-corrected chi connectivity index (χ0v) is 14.0. The number of halogens is 1. The molecule has 0 spiro atoms. The van der Waals surface area contributed by atoms with Crippen LogP contribution in [0, 0.1) is 0 Å². The van der Waals surface area contributed by atoms with Gasteiger partial charge in [-0.1, -0.05) is 0 Å². The van der Waals surface area contributed by atoms with Crippen molar-refractivity contribution in [3.8, 4) is 0 Å². The number of nitrogens with one attached hydrogen (secondary N) is 1. The standard InChI is InChI=1S/C9H6ClN3O3.C6H4O2S/c10-8-5(1-2-16-8)6(14)3-7(15)9-11-4-12-13-9;7-9(8)5-1-2-6(9)4-3-5/h1-4,15H,(H,11,12,13);1-4H. The molecule has 25 heavy (non-hydrogen) atoms. The van der Waals surface area contributed by atoms with Crippen LogP contribution in [0.4, 0.5) is 0 Å². The number of nitrogens with zero attached hydrogens (tertiary/aromatic N) is 2. The van der Waals surface area contributed by atoms with Gasteiger partial charge in [0.25, 0.3) is 0 Å². The predicted molar refractivity (Wildman–Crippen MR) is 89.3 cm³/mol. The Bertz CT molecular complexity index is 1010. The number of ketones is 1. The highest BCUT2D eigenvalue weighted by Crippen LogP contribution is 2.32. The number of aromatic amines is 1. The number of allylic oxidation sites excluding steroid dienone is 5. The van der Waals surface area contributed by atoms with Gasteiger partial charge >= 0.3 is 0 Å². The van der Waals surface area contributed by atoms with Gasteiger partial charge < -0.3 is 9.52 Å². The lowest BCUT2D eigenvalue weighted by Gasteiger charge is -1.93. The molecule has 0 unspecified atom stereocenters. The summed E-state index contributed by atoms with van der Waals surface area (Å²) < 4.78 is 26.7. The average Bonchev–Trinajstić information content (AvgIpc) is 3.34. The fraction of sp³-hybridized carbons (Fsp3) is 0. The molecule has 2 aromatic rings. The van der Waals surface area contributed by atoms with E-state index in [1.807, 2.05) is 0 Å². The van der Waals surface area contributed by atoms with Gasteiger partial charge in [0.2, 0.25) is 20.9 Å². The van der Waals surface area contributed by atoms with Crippen LogP contribution >= 0.6 is 11.6 Å². The molecule has 0 saturated heterocycles. The quantitative estimate of drug-likeness (QED) is 0.476. The first kappa shape index (κ1) is 16.9. The summed E-state index contributed by atoms with van der Waals surface area (Å²) in [5.74, 6) is -0.794. The van der Waals surface area contributed by atoms with Gasteiger partial charge in [0.15, 0.2) is 11.5 Å². The molecule has 10 heteroatoms. The van der Waals surface area contributed by atoms with Crippen LogP contribution in [0.5, 0.6) is 0 Å². The third-order valence-electron chi connectivity index (χ3n) is 3.24. The van der Waals surface area contributed by atoms with Crippen LogP contribution in [0.2, 0.25) is 5.22 Å². The number of aliphatic hydroxyl groups is 1. The van der Waals surface area contributed by atoms with Crippen molar-refractivity contribution in [2.45, 2.75) is 0 Å². The summed E-state index contributed by atoms with van der Waals surface area (Å²) in [6.07, 6.45) is 10.0. The molecule has 0 amide bonds. The molecule has 0 aliphatic carbocycles. The molecule has 0 aromatic carbocycles. The SMILES string of the molecule is O=C(C=C(O)c1nc[nH]n1)c1ccoc1Cl.O=S1(=O)C2=CC=C1C=C2. The Hall–Kier alpha value is -2.91. The van der Waals surface area contributed by atoms with Crippen LogP contribution in [0.1, 0.15) is 16.2 Å². The third kappa shape index (κ3) is 3.32. The highest BCUT2D eigenvalue weighted by molar-refractivity contribution is 8.00. The molecular formula is C15H10ClN3O5S. The first-order chi connectivity index (χ1) is 11.9. The van der Waals surface area contributed by atoms with Gasteiger partial charge in [-0.15, -0.1) is 0 Å². The second-order valence-corrected chi connectivity index (χ2v) is 7.09. The maximum Gasteiger partial charge on any atom is 0.215 e. The zero-order valence-electron chi connectivity index (χ0n) is 12.4. The van der Waals surface area contributed by atoms with Crippen molar-refractivity contribution in [1.82, 2.24) is 15.2 Å². The maximum absolute atomic E-state index is 11.6. The Morgan fingerprint density at radius 3 is 2.36 bits per heavy atom. The van der Waals surface area contributed by atoms with Gasteiger partial charge in [-0.05, 0) is 42.0 Å². The number of aromatic nitrogens is 3. The predicted octanol–water partition coefficient (Wildman–Crippen LogP) is 2.59.